The Morgan fingerprint density at radius 1 is 0.591 bits per heavy atom. The molecule has 2 heterocycles. The molecule has 2 saturated heterocycles. The molecule has 0 spiro atoms. The van der Waals surface area contributed by atoms with Crippen molar-refractivity contribution in [1.82, 2.24) is 0 Å². The Labute approximate surface area is 297 Å². The van der Waals surface area contributed by atoms with E-state index >= 15 is 0 Å². The fourth-order valence-electron chi connectivity index (χ4n) is 4.98. The van der Waals surface area contributed by atoms with Gasteiger partial charge in [-0.1, -0.05) is 0 Å². The van der Waals surface area contributed by atoms with Crippen molar-refractivity contribution in [2.75, 3.05) is 13.2 Å². The molecule has 1 aromatic rings. The van der Waals surface area contributed by atoms with Gasteiger partial charge in [0.05, 0.1) is 24.3 Å². The first-order valence-corrected chi connectivity index (χ1v) is 38.6. The Bertz CT molecular complexity index is 928. The Hall–Kier alpha value is 1.04. The number of hydrogen-bond acceptors (Lipinski definition) is 12. The Kier molecular flexibility index (Phi) is 19.2. The van der Waals surface area contributed by atoms with Gasteiger partial charge >= 0.3 is 29.1 Å². The highest BCUT2D eigenvalue weighted by molar-refractivity contribution is 15.0. The van der Waals surface area contributed by atoms with Crippen molar-refractivity contribution in [3.63, 3.8) is 0 Å². The van der Waals surface area contributed by atoms with Gasteiger partial charge in [-0.25, -0.2) is 9.59 Å². The van der Waals surface area contributed by atoms with E-state index in [-0.39, 0.29) is 13.2 Å². The van der Waals surface area contributed by atoms with Crippen molar-refractivity contribution < 1.29 is 52.0 Å². The zero-order valence-electron chi connectivity index (χ0n) is 26.7. The predicted octanol–water partition coefficient (Wildman–Crippen LogP) is 3.96. The van der Waals surface area contributed by atoms with Crippen LogP contribution in [0.25, 0.3) is 0 Å². The van der Waals surface area contributed by atoms with Gasteiger partial charge in [0.2, 0.25) is 0 Å². The van der Waals surface area contributed by atoms with Gasteiger partial charge in [-0.2, -0.15) is 0 Å². The van der Waals surface area contributed by atoms with Gasteiger partial charge < -0.3 is 42.4 Å². The highest BCUT2D eigenvalue weighted by Crippen LogP contribution is 2.23. The molecular formula is C22H46I2O12Si8. The lowest BCUT2D eigenvalue weighted by molar-refractivity contribution is 0.0488. The summed E-state index contributed by atoms with van der Waals surface area (Å²) in [5.74, 6) is -0.896. The zero-order chi connectivity index (χ0) is 32.9. The van der Waals surface area contributed by atoms with E-state index in [2.05, 4.69) is 37.2 Å². The monoisotopic (exact) mass is 980 g/mol. The van der Waals surface area contributed by atoms with E-state index in [1.54, 1.807) is 24.3 Å². The SMILES string of the molecule is C[SiH]1O[SiH](C)O[Si](C)(CCCOC(=O)c2ccc(C(=O)OCCC[Si]3(C)O[SiH](C)O[SiH](C)O[SiH](C)O3)cc2)O[SiH](C)O1.II. The molecule has 0 N–H and O–H groups in total. The lowest BCUT2D eigenvalue weighted by atomic mass is 10.1. The van der Waals surface area contributed by atoms with E-state index in [0.29, 0.717) is 36.1 Å². The smallest absolute Gasteiger partial charge is 0.338 e. The van der Waals surface area contributed by atoms with Gasteiger partial charge in [0, 0.05) is 37.2 Å². The number of benzene rings is 1. The molecule has 0 saturated carbocycles. The van der Waals surface area contributed by atoms with E-state index in [1.807, 2.05) is 52.4 Å². The molecule has 2 fully saturated rings. The largest absolute Gasteiger partial charge is 0.462 e. The van der Waals surface area contributed by atoms with Crippen LogP contribution in [-0.2, 0) is 42.4 Å². The van der Waals surface area contributed by atoms with E-state index in [0.717, 1.165) is 0 Å². The summed E-state index contributed by atoms with van der Waals surface area (Å²) in [4.78, 5) is 25.1. The summed E-state index contributed by atoms with van der Waals surface area (Å²) < 4.78 is 59.8. The van der Waals surface area contributed by atoms with E-state index in [4.69, 9.17) is 42.4 Å². The van der Waals surface area contributed by atoms with Gasteiger partial charge in [0.15, 0.2) is 0 Å². The summed E-state index contributed by atoms with van der Waals surface area (Å²) >= 11 is 4.24. The van der Waals surface area contributed by atoms with Gasteiger partial charge in [0.25, 0.3) is 55.7 Å². The predicted molar refractivity (Wildman–Crippen MR) is 204 cm³/mol. The number of ether oxygens (including phenoxy) is 2. The lowest BCUT2D eigenvalue weighted by Gasteiger charge is -2.37. The Morgan fingerprint density at radius 2 is 0.864 bits per heavy atom. The minimum Gasteiger partial charge on any atom is -0.462 e. The average Bonchev–Trinajstić information content (AvgIpc) is 2.92. The van der Waals surface area contributed by atoms with Gasteiger partial charge in [0.1, 0.15) is 0 Å². The topological polar surface area (TPSA) is 126 Å². The molecule has 0 radical (unpaired) electrons. The van der Waals surface area contributed by atoms with Gasteiger partial charge in [-0.3, -0.25) is 0 Å². The van der Waals surface area contributed by atoms with Crippen LogP contribution in [0, 0.1) is 0 Å². The standard InChI is InChI=1S/C22H46O12Si8.I2/c1-35-27-37(3)31-41(7,32-38(4)28-35)17-9-15-25-21(23)19-11-13-20(14-12-19)22(24)26-16-10-18-42(8)33-39(5)29-36(2)30-40(6)34-42;1-2/h11-14,35-40H,9-10,15-18H2,1-8H3;. The second-order valence-electron chi connectivity index (χ2n) is 10.7. The molecule has 22 heteroatoms. The highest BCUT2D eigenvalue weighted by Gasteiger charge is 2.40. The third-order valence-corrected chi connectivity index (χ3v) is 34.6. The summed E-state index contributed by atoms with van der Waals surface area (Å²) in [6.07, 6.45) is 1.24. The Balaban J connectivity index is 0.00000330. The van der Waals surface area contributed by atoms with Crippen molar-refractivity contribution >= 4 is 122 Å². The molecule has 44 heavy (non-hydrogen) atoms. The maximum atomic E-state index is 12.6. The fourth-order valence-corrected chi connectivity index (χ4v) is 34.3. The molecule has 2 aliphatic rings. The number of esters is 2. The normalized spacial score (nSPS) is 33.0. The van der Waals surface area contributed by atoms with Crippen LogP contribution in [-0.4, -0.2) is 98.0 Å². The minimum atomic E-state index is -2.45. The van der Waals surface area contributed by atoms with Crippen LogP contribution in [0.15, 0.2) is 24.3 Å². The maximum Gasteiger partial charge on any atom is 0.338 e. The van der Waals surface area contributed by atoms with Crippen LogP contribution in [0.3, 0.4) is 0 Å². The quantitative estimate of drug-likeness (QED) is 0.146. The van der Waals surface area contributed by atoms with Gasteiger partial charge in [-0.15, -0.1) is 0 Å². The third-order valence-electron chi connectivity index (χ3n) is 6.57. The first-order valence-electron chi connectivity index (χ1n) is 14.7. The fraction of sp³-hybridized carbons (Fsp3) is 0.636. The van der Waals surface area contributed by atoms with Crippen LogP contribution in [0.4, 0.5) is 0 Å². The lowest BCUT2D eigenvalue weighted by Crippen LogP contribution is -2.53. The maximum absolute atomic E-state index is 12.6. The minimum absolute atomic E-state index is 0.244. The van der Waals surface area contributed by atoms with Crippen molar-refractivity contribution in [3.05, 3.63) is 35.4 Å². The molecule has 4 atom stereocenters. The summed E-state index contributed by atoms with van der Waals surface area (Å²) in [6.45, 7) is 16.6. The zero-order valence-corrected chi connectivity index (χ0v) is 39.9. The van der Waals surface area contributed by atoms with Crippen molar-refractivity contribution in [2.45, 2.75) is 77.3 Å². The molecule has 252 valence electrons. The number of hydrogen-bond donors (Lipinski definition) is 0. The second-order valence-corrected chi connectivity index (χ2v) is 31.2. The van der Waals surface area contributed by atoms with Crippen molar-refractivity contribution in [2.24, 2.45) is 0 Å². The molecule has 0 aromatic heterocycles. The van der Waals surface area contributed by atoms with Crippen molar-refractivity contribution in [3.8, 4) is 0 Å². The Morgan fingerprint density at radius 3 is 1.14 bits per heavy atom. The molecule has 12 nitrogen and oxygen atoms in total. The van der Waals surface area contributed by atoms with E-state index < -0.39 is 84.8 Å². The van der Waals surface area contributed by atoms with Crippen LogP contribution in [0.5, 0.6) is 0 Å². The van der Waals surface area contributed by atoms with Crippen LogP contribution < -0.4 is 0 Å². The summed E-state index contributed by atoms with van der Waals surface area (Å²) in [7, 11) is -15.5. The van der Waals surface area contributed by atoms with Crippen LogP contribution >= 0.6 is 37.2 Å². The number of rotatable bonds is 10. The van der Waals surface area contributed by atoms with Gasteiger partial charge in [-0.05, 0) is 102 Å². The molecule has 2 aliphatic heterocycles. The van der Waals surface area contributed by atoms with Crippen molar-refractivity contribution in [1.29, 1.82) is 0 Å². The first kappa shape index (κ1) is 41.2. The van der Waals surface area contributed by atoms with Crippen LogP contribution in [0.1, 0.15) is 33.6 Å². The molecule has 3 rings (SSSR count). The number of halogens is 2. The molecule has 1 aromatic carbocycles. The number of carbonyl (C=O) groups excluding carboxylic acids is 2. The molecular weight excluding hydrogens is 935 g/mol. The van der Waals surface area contributed by atoms with Crippen LogP contribution in [0.2, 0.25) is 64.5 Å². The summed E-state index contributed by atoms with van der Waals surface area (Å²) in [5.41, 5.74) is 0.735. The molecule has 0 aliphatic carbocycles. The first-order chi connectivity index (χ1) is 20.8. The third kappa shape index (κ3) is 15.1. The second kappa shape index (κ2) is 20.5. The number of carbonyl (C=O) groups is 2. The average molecular weight is 981 g/mol. The molecule has 0 bridgehead atoms. The van der Waals surface area contributed by atoms with E-state index in [9.17, 15) is 9.59 Å². The van der Waals surface area contributed by atoms with E-state index in [1.165, 1.54) is 0 Å². The summed E-state index contributed by atoms with van der Waals surface area (Å²) in [5, 5.41) is 0. The summed E-state index contributed by atoms with van der Waals surface area (Å²) in [6, 6.07) is 7.66. The highest BCUT2D eigenvalue weighted by atomic mass is 128. The molecule has 4 unspecified atom stereocenters. The molecule has 0 amide bonds.